The third-order valence-electron chi connectivity index (χ3n) is 2.89. The topological polar surface area (TPSA) is 46.5 Å². The highest BCUT2D eigenvalue weighted by atomic mass is 79.9. The minimum atomic E-state index is -0.726. The largest absolute Gasteiger partial charge is 0.493 e. The number of hydrogen-bond donors (Lipinski definition) is 1. The fraction of sp³-hybridized carbons (Fsp3) is 0.533. The van der Waals surface area contributed by atoms with Crippen LogP contribution in [0.15, 0.2) is 22.7 Å². The number of benzene rings is 1. The van der Waals surface area contributed by atoms with E-state index in [1.807, 2.05) is 12.1 Å². The van der Waals surface area contributed by atoms with Crippen LogP contribution in [0.1, 0.15) is 51.0 Å². The first-order chi connectivity index (χ1) is 9.00. The van der Waals surface area contributed by atoms with E-state index in [2.05, 4.69) is 35.8 Å². The van der Waals surface area contributed by atoms with E-state index >= 15 is 0 Å². The number of hydrogen-bond acceptors (Lipinski definition) is 2. The maximum absolute atomic E-state index is 10.4. The van der Waals surface area contributed by atoms with Crippen LogP contribution in [0.25, 0.3) is 0 Å². The minimum absolute atomic E-state index is 0.246. The van der Waals surface area contributed by atoms with Gasteiger partial charge in [-0.15, -0.1) is 0 Å². The molecule has 0 saturated carbocycles. The molecule has 19 heavy (non-hydrogen) atoms. The van der Waals surface area contributed by atoms with Crippen molar-refractivity contribution in [1.82, 2.24) is 0 Å². The maximum atomic E-state index is 10.4. The molecule has 1 aromatic rings. The zero-order valence-electron chi connectivity index (χ0n) is 11.5. The summed E-state index contributed by atoms with van der Waals surface area (Å²) in [5, 5.41) is 8.54. The number of rotatable bonds is 8. The Morgan fingerprint density at radius 3 is 2.68 bits per heavy atom. The van der Waals surface area contributed by atoms with E-state index < -0.39 is 5.97 Å². The highest BCUT2D eigenvalue weighted by Gasteiger charge is 2.08. The molecule has 0 saturated heterocycles. The van der Waals surface area contributed by atoms with E-state index in [0.29, 0.717) is 12.5 Å². The molecular formula is C15H21BrO3. The summed E-state index contributed by atoms with van der Waals surface area (Å²) >= 11 is 3.47. The lowest BCUT2D eigenvalue weighted by atomic mass is 10.0. The summed E-state index contributed by atoms with van der Waals surface area (Å²) in [6.45, 7) is 4.92. The van der Waals surface area contributed by atoms with Gasteiger partial charge in [0.15, 0.2) is 0 Å². The SMILES string of the molecule is CC(C)c1cc(Br)ccc1OCCCCCC(=O)O. The highest BCUT2D eigenvalue weighted by Crippen LogP contribution is 2.29. The van der Waals surface area contributed by atoms with Gasteiger partial charge in [0.05, 0.1) is 6.61 Å². The van der Waals surface area contributed by atoms with Gasteiger partial charge in [0, 0.05) is 10.9 Å². The first kappa shape index (κ1) is 16.0. The first-order valence-corrected chi connectivity index (χ1v) is 7.44. The number of carboxylic acids is 1. The number of ether oxygens (including phenoxy) is 1. The van der Waals surface area contributed by atoms with Crippen molar-refractivity contribution in [3.63, 3.8) is 0 Å². The van der Waals surface area contributed by atoms with Crippen molar-refractivity contribution in [2.45, 2.75) is 45.4 Å². The van der Waals surface area contributed by atoms with Gasteiger partial charge in [-0.2, -0.15) is 0 Å². The Morgan fingerprint density at radius 1 is 1.32 bits per heavy atom. The van der Waals surface area contributed by atoms with Crippen LogP contribution in [0.4, 0.5) is 0 Å². The van der Waals surface area contributed by atoms with Gasteiger partial charge in [0.2, 0.25) is 0 Å². The van der Waals surface area contributed by atoms with Crippen molar-refractivity contribution in [2.24, 2.45) is 0 Å². The molecule has 1 aromatic carbocycles. The van der Waals surface area contributed by atoms with E-state index in [9.17, 15) is 4.79 Å². The van der Waals surface area contributed by atoms with E-state index in [0.717, 1.165) is 29.5 Å². The summed E-state index contributed by atoms with van der Waals surface area (Å²) in [4.78, 5) is 10.4. The molecular weight excluding hydrogens is 308 g/mol. The quantitative estimate of drug-likeness (QED) is 0.709. The molecule has 4 heteroatoms. The molecule has 0 fully saturated rings. The first-order valence-electron chi connectivity index (χ1n) is 6.64. The van der Waals surface area contributed by atoms with Gasteiger partial charge in [-0.3, -0.25) is 4.79 Å². The predicted molar refractivity (Wildman–Crippen MR) is 79.8 cm³/mol. The summed E-state index contributed by atoms with van der Waals surface area (Å²) in [5.74, 6) is 0.617. The summed E-state index contributed by atoms with van der Waals surface area (Å²) in [7, 11) is 0. The summed E-state index contributed by atoms with van der Waals surface area (Å²) < 4.78 is 6.85. The molecule has 0 aliphatic heterocycles. The second-order valence-electron chi connectivity index (χ2n) is 4.89. The Bertz CT molecular complexity index is 416. The molecule has 0 atom stereocenters. The van der Waals surface area contributed by atoms with Crippen LogP contribution in [0, 0.1) is 0 Å². The van der Waals surface area contributed by atoms with E-state index in [1.165, 1.54) is 5.56 Å². The van der Waals surface area contributed by atoms with Crippen molar-refractivity contribution >= 4 is 21.9 Å². The lowest BCUT2D eigenvalue weighted by Gasteiger charge is -2.14. The normalized spacial score (nSPS) is 10.7. The Morgan fingerprint density at radius 2 is 2.05 bits per heavy atom. The van der Waals surface area contributed by atoms with Gasteiger partial charge >= 0.3 is 5.97 Å². The molecule has 3 nitrogen and oxygen atoms in total. The Labute approximate surface area is 123 Å². The van der Waals surface area contributed by atoms with Gasteiger partial charge in [0.25, 0.3) is 0 Å². The maximum Gasteiger partial charge on any atom is 0.303 e. The summed E-state index contributed by atoms with van der Waals surface area (Å²) in [6.07, 6.45) is 2.74. The lowest BCUT2D eigenvalue weighted by molar-refractivity contribution is -0.137. The molecule has 0 amide bonds. The van der Waals surface area contributed by atoms with Gasteiger partial charge < -0.3 is 9.84 Å². The molecule has 0 bridgehead atoms. The molecule has 0 radical (unpaired) electrons. The average Bonchev–Trinajstić information content (AvgIpc) is 2.34. The monoisotopic (exact) mass is 328 g/mol. The Hall–Kier alpha value is -1.03. The molecule has 1 N–H and O–H groups in total. The van der Waals surface area contributed by atoms with Gasteiger partial charge in [-0.1, -0.05) is 29.8 Å². The van der Waals surface area contributed by atoms with E-state index in [1.54, 1.807) is 0 Å². The number of carboxylic acid groups (broad SMARTS) is 1. The van der Waals surface area contributed by atoms with Crippen LogP contribution < -0.4 is 4.74 Å². The molecule has 1 rings (SSSR count). The van der Waals surface area contributed by atoms with Gasteiger partial charge in [0.1, 0.15) is 5.75 Å². The molecule has 0 unspecified atom stereocenters. The average molecular weight is 329 g/mol. The fourth-order valence-corrected chi connectivity index (χ4v) is 2.22. The Kier molecular flexibility index (Phi) is 6.92. The second-order valence-corrected chi connectivity index (χ2v) is 5.81. The minimum Gasteiger partial charge on any atom is -0.493 e. The molecule has 106 valence electrons. The van der Waals surface area contributed by atoms with Gasteiger partial charge in [-0.05, 0) is 48.9 Å². The molecule has 0 aliphatic rings. The van der Waals surface area contributed by atoms with Crippen LogP contribution in [0.2, 0.25) is 0 Å². The van der Waals surface area contributed by atoms with Crippen molar-refractivity contribution in [3.8, 4) is 5.75 Å². The van der Waals surface area contributed by atoms with Crippen molar-refractivity contribution in [1.29, 1.82) is 0 Å². The summed E-state index contributed by atoms with van der Waals surface area (Å²) in [6, 6.07) is 6.05. The van der Waals surface area contributed by atoms with Crippen molar-refractivity contribution in [2.75, 3.05) is 6.61 Å². The predicted octanol–water partition coefficient (Wildman–Crippen LogP) is 4.60. The lowest BCUT2D eigenvalue weighted by Crippen LogP contribution is -2.02. The number of carbonyl (C=O) groups is 1. The third kappa shape index (κ3) is 6.10. The van der Waals surface area contributed by atoms with E-state index in [4.69, 9.17) is 9.84 Å². The standard InChI is InChI=1S/C15H21BrO3/c1-11(2)13-10-12(16)7-8-14(13)19-9-5-3-4-6-15(17)18/h7-8,10-11H,3-6,9H2,1-2H3,(H,17,18). The number of aliphatic carboxylic acids is 1. The van der Waals surface area contributed by atoms with Gasteiger partial charge in [-0.25, -0.2) is 0 Å². The molecule has 0 aromatic heterocycles. The molecule has 0 heterocycles. The molecule has 0 spiro atoms. The molecule has 0 aliphatic carbocycles. The second kappa shape index (κ2) is 8.20. The zero-order chi connectivity index (χ0) is 14.3. The third-order valence-corrected chi connectivity index (χ3v) is 3.38. The number of halogens is 1. The smallest absolute Gasteiger partial charge is 0.303 e. The van der Waals surface area contributed by atoms with Crippen molar-refractivity contribution in [3.05, 3.63) is 28.2 Å². The van der Waals surface area contributed by atoms with Crippen molar-refractivity contribution < 1.29 is 14.6 Å². The van der Waals surface area contributed by atoms with Crippen LogP contribution in [-0.2, 0) is 4.79 Å². The number of unbranched alkanes of at least 4 members (excludes halogenated alkanes) is 2. The summed E-state index contributed by atoms with van der Waals surface area (Å²) in [5.41, 5.74) is 1.19. The van der Waals surface area contributed by atoms with Crippen LogP contribution in [0.5, 0.6) is 5.75 Å². The fourth-order valence-electron chi connectivity index (χ4n) is 1.84. The zero-order valence-corrected chi connectivity index (χ0v) is 13.1. The highest BCUT2D eigenvalue weighted by molar-refractivity contribution is 9.10. The van der Waals surface area contributed by atoms with Crippen LogP contribution in [0.3, 0.4) is 0 Å². The van der Waals surface area contributed by atoms with E-state index in [-0.39, 0.29) is 6.42 Å². The van der Waals surface area contributed by atoms with Crippen LogP contribution in [-0.4, -0.2) is 17.7 Å². The van der Waals surface area contributed by atoms with Crippen LogP contribution >= 0.6 is 15.9 Å². The Balaban J connectivity index is 2.38.